The van der Waals surface area contributed by atoms with E-state index in [-0.39, 0.29) is 0 Å². The Balaban J connectivity index is 1.87. The van der Waals surface area contributed by atoms with Crippen LogP contribution in [0.3, 0.4) is 0 Å². The van der Waals surface area contributed by atoms with Gasteiger partial charge in [-0.05, 0) is 45.5 Å². The first-order valence-electron chi connectivity index (χ1n) is 8.10. The Labute approximate surface area is 134 Å². The molecule has 1 aromatic rings. The summed E-state index contributed by atoms with van der Waals surface area (Å²) in [7, 11) is 2.08. The molecule has 2 nitrogen and oxygen atoms in total. The van der Waals surface area contributed by atoms with E-state index in [1.54, 1.807) is 0 Å². The quantitative estimate of drug-likeness (QED) is 0.889. The molecule has 1 heterocycles. The van der Waals surface area contributed by atoms with E-state index < -0.39 is 0 Å². The van der Waals surface area contributed by atoms with Crippen LogP contribution in [-0.2, 0) is 0 Å². The maximum atomic E-state index is 3.48. The Kier molecular flexibility index (Phi) is 6.15. The molecule has 1 aliphatic rings. The molecule has 1 aliphatic heterocycles. The maximum Gasteiger partial charge on any atom is 0.0329 e. The number of nitrogens with one attached hydrogen (secondary N) is 1. The topological polar surface area (TPSA) is 15.3 Å². The Bertz CT molecular complexity index is 427. The van der Waals surface area contributed by atoms with E-state index in [4.69, 9.17) is 0 Å². The third kappa shape index (κ3) is 5.32. The average molecular weight is 307 g/mol. The van der Waals surface area contributed by atoms with Gasteiger partial charge in [0, 0.05) is 23.1 Å². The highest BCUT2D eigenvalue weighted by Crippen LogP contribution is 2.31. The number of nitrogens with zero attached hydrogens (tertiary/aromatic N) is 1. The van der Waals surface area contributed by atoms with Crippen molar-refractivity contribution in [3.63, 3.8) is 0 Å². The van der Waals surface area contributed by atoms with E-state index in [1.807, 2.05) is 0 Å². The molecule has 0 spiro atoms. The monoisotopic (exact) mass is 306 g/mol. The fraction of sp³-hybridized carbons (Fsp3) is 0.667. The van der Waals surface area contributed by atoms with Gasteiger partial charge in [0.2, 0.25) is 0 Å². The molecule has 0 radical (unpaired) electrons. The zero-order valence-corrected chi connectivity index (χ0v) is 14.8. The van der Waals surface area contributed by atoms with Gasteiger partial charge < -0.3 is 10.2 Å². The summed E-state index contributed by atoms with van der Waals surface area (Å²) in [6.45, 7) is 10.6. The highest BCUT2D eigenvalue weighted by molar-refractivity contribution is 8.00. The molecule has 0 amide bonds. The minimum Gasteiger partial charge on any atom is -0.313 e. The van der Waals surface area contributed by atoms with E-state index in [9.17, 15) is 0 Å². The molecule has 3 heteroatoms. The molecule has 0 aromatic heterocycles. The largest absolute Gasteiger partial charge is 0.313 e. The van der Waals surface area contributed by atoms with E-state index in [0.29, 0.717) is 10.8 Å². The van der Waals surface area contributed by atoms with Crippen molar-refractivity contribution >= 4 is 11.8 Å². The zero-order chi connectivity index (χ0) is 15.3. The van der Waals surface area contributed by atoms with Crippen molar-refractivity contribution in [2.45, 2.75) is 44.4 Å². The van der Waals surface area contributed by atoms with Gasteiger partial charge in [0.1, 0.15) is 0 Å². The standard InChI is InChI=1S/C18H30N2S/c1-15-5-7-16(8-6-15)17(19-4)9-11-20-12-10-18(2,3)21-14-13-20/h5-8,17,19H,9-14H2,1-4H3. The zero-order valence-electron chi connectivity index (χ0n) is 14.0. The van der Waals surface area contributed by atoms with Crippen LogP contribution in [0.15, 0.2) is 24.3 Å². The van der Waals surface area contributed by atoms with E-state index >= 15 is 0 Å². The average Bonchev–Trinajstić information content (AvgIpc) is 2.62. The van der Waals surface area contributed by atoms with Crippen LogP contribution in [0.1, 0.15) is 43.9 Å². The molecule has 0 aliphatic carbocycles. The molecular weight excluding hydrogens is 276 g/mol. The van der Waals surface area contributed by atoms with Crippen LogP contribution in [0, 0.1) is 6.92 Å². The van der Waals surface area contributed by atoms with Crippen molar-refractivity contribution in [1.29, 1.82) is 0 Å². The van der Waals surface area contributed by atoms with Crippen LogP contribution in [0.25, 0.3) is 0 Å². The summed E-state index contributed by atoms with van der Waals surface area (Å²) in [5.74, 6) is 1.27. The molecule has 0 saturated carbocycles. The second kappa shape index (κ2) is 7.66. The summed E-state index contributed by atoms with van der Waals surface area (Å²) in [5.41, 5.74) is 2.74. The normalized spacial score (nSPS) is 21.0. The second-order valence-corrected chi connectivity index (χ2v) is 8.54. The summed E-state index contributed by atoms with van der Waals surface area (Å²) in [5, 5.41) is 3.48. The van der Waals surface area contributed by atoms with Gasteiger partial charge in [0.05, 0.1) is 0 Å². The predicted molar refractivity (Wildman–Crippen MR) is 95.2 cm³/mol. The maximum absolute atomic E-state index is 3.48. The van der Waals surface area contributed by atoms with Crippen LogP contribution in [-0.4, -0.2) is 42.1 Å². The van der Waals surface area contributed by atoms with Crippen molar-refractivity contribution < 1.29 is 0 Å². The summed E-state index contributed by atoms with van der Waals surface area (Å²) in [6, 6.07) is 9.42. The van der Waals surface area contributed by atoms with Crippen LogP contribution in [0.5, 0.6) is 0 Å². The Morgan fingerprint density at radius 1 is 1.24 bits per heavy atom. The molecule has 1 atom stereocenters. The van der Waals surface area contributed by atoms with Crippen molar-refractivity contribution in [3.05, 3.63) is 35.4 Å². The molecule has 118 valence electrons. The highest BCUT2D eigenvalue weighted by atomic mass is 32.2. The van der Waals surface area contributed by atoms with Crippen LogP contribution >= 0.6 is 11.8 Å². The van der Waals surface area contributed by atoms with Gasteiger partial charge in [-0.25, -0.2) is 0 Å². The Hall–Kier alpha value is -0.510. The van der Waals surface area contributed by atoms with Crippen molar-refractivity contribution in [3.8, 4) is 0 Å². The molecular formula is C18H30N2S. The molecule has 1 aromatic carbocycles. The minimum atomic E-state index is 0.452. The van der Waals surface area contributed by atoms with Gasteiger partial charge >= 0.3 is 0 Å². The predicted octanol–water partition coefficient (Wildman–Crippen LogP) is 3.86. The molecule has 0 bridgehead atoms. The fourth-order valence-corrected chi connectivity index (χ4v) is 4.01. The lowest BCUT2D eigenvalue weighted by atomic mass is 10.0. The summed E-state index contributed by atoms with van der Waals surface area (Å²) in [6.07, 6.45) is 2.48. The summed E-state index contributed by atoms with van der Waals surface area (Å²) < 4.78 is 0.452. The van der Waals surface area contributed by atoms with Gasteiger partial charge in [0.25, 0.3) is 0 Å². The third-order valence-corrected chi connectivity index (χ3v) is 5.86. The van der Waals surface area contributed by atoms with Crippen LogP contribution in [0.4, 0.5) is 0 Å². The Morgan fingerprint density at radius 2 is 1.95 bits per heavy atom. The number of hydrogen-bond acceptors (Lipinski definition) is 3. The van der Waals surface area contributed by atoms with Crippen LogP contribution in [0.2, 0.25) is 0 Å². The summed E-state index contributed by atoms with van der Waals surface area (Å²) >= 11 is 2.13. The lowest BCUT2D eigenvalue weighted by Crippen LogP contribution is -2.31. The summed E-state index contributed by atoms with van der Waals surface area (Å²) in [4.78, 5) is 2.64. The molecule has 1 unspecified atom stereocenters. The first-order chi connectivity index (χ1) is 10.00. The molecule has 1 fully saturated rings. The first kappa shape index (κ1) is 16.9. The number of rotatable bonds is 5. The first-order valence-corrected chi connectivity index (χ1v) is 9.09. The molecule has 1 saturated heterocycles. The van der Waals surface area contributed by atoms with Gasteiger partial charge in [-0.3, -0.25) is 0 Å². The number of hydrogen-bond donors (Lipinski definition) is 1. The second-order valence-electron chi connectivity index (χ2n) is 6.74. The Morgan fingerprint density at radius 3 is 2.62 bits per heavy atom. The van der Waals surface area contributed by atoms with Crippen LogP contribution < -0.4 is 5.32 Å². The lowest BCUT2D eigenvalue weighted by molar-refractivity contribution is 0.268. The van der Waals surface area contributed by atoms with Crippen molar-refractivity contribution in [1.82, 2.24) is 10.2 Å². The molecule has 2 rings (SSSR count). The highest BCUT2D eigenvalue weighted by Gasteiger charge is 2.23. The third-order valence-electron chi connectivity index (χ3n) is 4.49. The minimum absolute atomic E-state index is 0.452. The number of benzene rings is 1. The molecule has 1 N–H and O–H groups in total. The number of aryl methyl sites for hydroxylation is 1. The van der Waals surface area contributed by atoms with Crippen molar-refractivity contribution in [2.75, 3.05) is 32.4 Å². The van der Waals surface area contributed by atoms with Crippen molar-refractivity contribution in [2.24, 2.45) is 0 Å². The molecule has 21 heavy (non-hydrogen) atoms. The van der Waals surface area contributed by atoms with Gasteiger partial charge in [-0.1, -0.05) is 43.7 Å². The smallest absolute Gasteiger partial charge is 0.0329 e. The van der Waals surface area contributed by atoms with E-state index in [1.165, 1.54) is 49.4 Å². The SMILES string of the molecule is CNC(CCN1CCSC(C)(C)CC1)c1ccc(C)cc1. The van der Waals surface area contributed by atoms with E-state index in [2.05, 4.69) is 74.1 Å². The fourth-order valence-electron chi connectivity index (χ4n) is 2.87. The van der Waals surface area contributed by atoms with Gasteiger partial charge in [-0.2, -0.15) is 11.8 Å². The van der Waals surface area contributed by atoms with Gasteiger partial charge in [-0.15, -0.1) is 0 Å². The van der Waals surface area contributed by atoms with E-state index in [0.717, 1.165) is 0 Å². The number of thioether (sulfide) groups is 1. The van der Waals surface area contributed by atoms with Gasteiger partial charge in [0.15, 0.2) is 0 Å². The lowest BCUT2D eigenvalue weighted by Gasteiger charge is -2.25.